The molecule has 7 heteroatoms. The quantitative estimate of drug-likeness (QED) is 0.579. The standard InChI is InChI=1S/C3H2NO3PS.Ca.2H/c5-8(6)7-3-4-1-2-9-3;;;/h1-2H;;;/q;+2;2*-1/p+1. The molecule has 10 heavy (non-hydrogen) atoms. The molecule has 1 unspecified atom stereocenters. The summed E-state index contributed by atoms with van der Waals surface area (Å²) in [6, 6.07) is 0. The molecule has 0 aliphatic rings. The number of hydrogen-bond donors (Lipinski definition) is 1. The van der Waals surface area contributed by atoms with E-state index in [1.165, 1.54) is 17.5 Å². The molecule has 0 aliphatic heterocycles. The van der Waals surface area contributed by atoms with Gasteiger partial charge in [-0.15, -0.1) is 4.89 Å². The Morgan fingerprint density at radius 1 is 1.90 bits per heavy atom. The fourth-order valence-electron chi connectivity index (χ4n) is 0.322. The van der Waals surface area contributed by atoms with E-state index in [2.05, 4.69) is 9.51 Å². The van der Waals surface area contributed by atoms with Crippen molar-refractivity contribution in [1.82, 2.24) is 4.98 Å². The predicted molar refractivity (Wildman–Crippen MR) is 40.5 cm³/mol. The molecule has 0 aromatic carbocycles. The van der Waals surface area contributed by atoms with Crippen LogP contribution in [0.4, 0.5) is 0 Å². The average Bonchev–Trinajstić information content (AvgIpc) is 2.15. The molecular weight excluding hydrogens is 201 g/mol. The summed E-state index contributed by atoms with van der Waals surface area (Å²) in [5, 5.41) is 1.88. The molecule has 1 rings (SSSR count). The first-order chi connectivity index (χ1) is 4.29. The summed E-state index contributed by atoms with van der Waals surface area (Å²) in [6.07, 6.45) is 1.50. The summed E-state index contributed by atoms with van der Waals surface area (Å²) in [6.45, 7) is 0. The van der Waals surface area contributed by atoms with E-state index in [0.717, 1.165) is 0 Å². The minimum absolute atomic E-state index is 0. The van der Waals surface area contributed by atoms with Crippen molar-refractivity contribution in [2.75, 3.05) is 0 Å². The summed E-state index contributed by atoms with van der Waals surface area (Å²) in [5.74, 6) is 0. The predicted octanol–water partition coefficient (Wildman–Crippen LogP) is 1.02. The van der Waals surface area contributed by atoms with Crippen molar-refractivity contribution in [2.45, 2.75) is 0 Å². The van der Waals surface area contributed by atoms with Crippen LogP contribution in [-0.2, 0) is 4.57 Å². The molecule has 52 valence electrons. The van der Waals surface area contributed by atoms with Gasteiger partial charge in [-0.05, 0) is 0 Å². The molecule has 0 radical (unpaired) electrons. The van der Waals surface area contributed by atoms with Gasteiger partial charge in [0.2, 0.25) is 0 Å². The summed E-state index contributed by atoms with van der Waals surface area (Å²) >= 11 is 1.17. The van der Waals surface area contributed by atoms with Crippen LogP contribution in [0.15, 0.2) is 11.6 Å². The van der Waals surface area contributed by atoms with Crippen LogP contribution in [0.5, 0.6) is 5.19 Å². The Morgan fingerprint density at radius 2 is 2.60 bits per heavy atom. The van der Waals surface area contributed by atoms with Crippen LogP contribution in [0.2, 0.25) is 0 Å². The SMILES string of the molecule is O=[P+](O)Oc1nccs1.[Ca+2].[H-].[H-]. The zero-order valence-electron chi connectivity index (χ0n) is 6.93. The maximum atomic E-state index is 9.96. The second-order valence-corrected chi connectivity index (χ2v) is 2.64. The van der Waals surface area contributed by atoms with E-state index in [-0.39, 0.29) is 45.8 Å². The van der Waals surface area contributed by atoms with Crippen LogP contribution in [-0.4, -0.2) is 47.6 Å². The van der Waals surface area contributed by atoms with Gasteiger partial charge in [0.25, 0.3) is 0 Å². The molecule has 4 nitrogen and oxygen atoms in total. The van der Waals surface area contributed by atoms with E-state index in [1.54, 1.807) is 5.38 Å². The Hall–Kier alpha value is 0.750. The van der Waals surface area contributed by atoms with Gasteiger partial charge in [0.15, 0.2) is 0 Å². The van der Waals surface area contributed by atoms with Crippen LogP contribution in [0.25, 0.3) is 0 Å². The van der Waals surface area contributed by atoms with Crippen molar-refractivity contribution in [2.24, 2.45) is 0 Å². The van der Waals surface area contributed by atoms with Gasteiger partial charge in [0.05, 0.1) is 0 Å². The van der Waals surface area contributed by atoms with Gasteiger partial charge in [0.1, 0.15) is 0 Å². The molecule has 1 heterocycles. The summed E-state index contributed by atoms with van der Waals surface area (Å²) < 4.78 is 14.3. The zero-order valence-corrected chi connectivity index (χ0v) is 8.85. The van der Waals surface area contributed by atoms with Crippen molar-refractivity contribution < 1.29 is 16.8 Å². The van der Waals surface area contributed by atoms with E-state index in [0.29, 0.717) is 0 Å². The topological polar surface area (TPSA) is 59.4 Å². The van der Waals surface area contributed by atoms with Gasteiger partial charge in [-0.25, -0.2) is 4.98 Å². The monoisotopic (exact) mass is 206 g/mol. The molecule has 0 saturated heterocycles. The summed E-state index contributed by atoms with van der Waals surface area (Å²) in [5.41, 5.74) is 0. The molecule has 1 aromatic rings. The van der Waals surface area contributed by atoms with Gasteiger partial charge in [0, 0.05) is 16.1 Å². The Balaban J connectivity index is -0.000000270. The molecule has 0 saturated carbocycles. The maximum Gasteiger partial charge on any atom is 2.00 e. The molecule has 0 fully saturated rings. The molecule has 0 bridgehead atoms. The van der Waals surface area contributed by atoms with Gasteiger partial charge < -0.3 is 2.85 Å². The van der Waals surface area contributed by atoms with Crippen LogP contribution < -0.4 is 4.52 Å². The first-order valence-electron chi connectivity index (χ1n) is 2.02. The van der Waals surface area contributed by atoms with Gasteiger partial charge >= 0.3 is 51.2 Å². The number of hydrogen-bond acceptors (Lipinski definition) is 4. The van der Waals surface area contributed by atoms with Gasteiger partial charge in [-0.3, -0.25) is 0 Å². The fraction of sp³-hybridized carbons (Fsp3) is 0. The average molecular weight is 206 g/mol. The summed E-state index contributed by atoms with van der Waals surface area (Å²) in [4.78, 5) is 11.8. The van der Waals surface area contributed by atoms with E-state index in [1.807, 2.05) is 0 Å². The summed E-state index contributed by atoms with van der Waals surface area (Å²) in [7, 11) is -2.55. The number of nitrogens with zero attached hydrogens (tertiary/aromatic N) is 1. The van der Waals surface area contributed by atoms with E-state index >= 15 is 0 Å². The van der Waals surface area contributed by atoms with Crippen molar-refractivity contribution in [3.63, 3.8) is 0 Å². The minimum atomic E-state index is -2.55. The number of aromatic nitrogens is 1. The zero-order chi connectivity index (χ0) is 6.69. The molecule has 1 atom stereocenters. The molecule has 0 aliphatic carbocycles. The van der Waals surface area contributed by atoms with Crippen molar-refractivity contribution in [3.8, 4) is 5.19 Å². The van der Waals surface area contributed by atoms with E-state index in [9.17, 15) is 4.57 Å². The third kappa shape index (κ3) is 3.81. The number of rotatable bonds is 2. The van der Waals surface area contributed by atoms with E-state index < -0.39 is 8.25 Å². The minimum Gasteiger partial charge on any atom is -1.00 e. The van der Waals surface area contributed by atoms with Crippen LogP contribution in [0.3, 0.4) is 0 Å². The maximum absolute atomic E-state index is 9.96. The Labute approximate surface area is 95.2 Å². The van der Waals surface area contributed by atoms with Crippen molar-refractivity contribution in [1.29, 1.82) is 0 Å². The van der Waals surface area contributed by atoms with Crippen LogP contribution >= 0.6 is 19.6 Å². The Bertz CT molecular complexity index is 211. The Morgan fingerprint density at radius 3 is 3.00 bits per heavy atom. The molecule has 1 aromatic heterocycles. The third-order valence-electron chi connectivity index (χ3n) is 0.566. The first kappa shape index (κ1) is 10.7. The van der Waals surface area contributed by atoms with Gasteiger partial charge in [-0.2, -0.15) is 4.52 Å². The molecule has 0 amide bonds. The second-order valence-electron chi connectivity index (χ2n) is 1.13. The number of thiazole rings is 1. The Kier molecular flexibility index (Phi) is 5.81. The normalized spacial score (nSPS) is 9.90. The van der Waals surface area contributed by atoms with Crippen LogP contribution in [0, 0.1) is 0 Å². The second kappa shape index (κ2) is 5.41. The molecule has 1 N–H and O–H groups in total. The first-order valence-corrected chi connectivity index (χ1v) is 4.03. The largest absolute Gasteiger partial charge is 2.00 e. The third-order valence-corrected chi connectivity index (χ3v) is 1.67. The molecule has 0 spiro atoms. The van der Waals surface area contributed by atoms with E-state index in [4.69, 9.17) is 4.89 Å². The van der Waals surface area contributed by atoms with Crippen molar-refractivity contribution >= 4 is 57.3 Å². The van der Waals surface area contributed by atoms with Crippen molar-refractivity contribution in [3.05, 3.63) is 11.6 Å². The fourth-order valence-corrected chi connectivity index (χ4v) is 1.23. The van der Waals surface area contributed by atoms with Crippen LogP contribution in [0.1, 0.15) is 2.85 Å². The smallest absolute Gasteiger partial charge is 1.00 e. The van der Waals surface area contributed by atoms with Gasteiger partial charge in [-0.1, -0.05) is 11.3 Å². The molecular formula is C3H5CaNO3PS+.